The topological polar surface area (TPSA) is 71.8 Å². The van der Waals surface area contributed by atoms with E-state index in [2.05, 4.69) is 0 Å². The lowest BCUT2D eigenvalue weighted by Crippen LogP contribution is -2.24. The van der Waals surface area contributed by atoms with Crippen LogP contribution in [0.2, 0.25) is 0 Å². The number of ether oxygens (including phenoxy) is 3. The molecule has 6 heteroatoms. The highest BCUT2D eigenvalue weighted by Crippen LogP contribution is 2.36. The number of carbonyl (C=O) groups is 1. The number of fused-ring (bicyclic) bond motifs is 1. The van der Waals surface area contributed by atoms with E-state index < -0.39 is 6.09 Å². The number of rotatable bonds is 2. The van der Waals surface area contributed by atoms with Gasteiger partial charge in [-0.1, -0.05) is 0 Å². The van der Waals surface area contributed by atoms with Crippen LogP contribution in [-0.2, 0) is 4.74 Å². The van der Waals surface area contributed by atoms with E-state index in [0.29, 0.717) is 23.7 Å². The SMILES string of the molecule is N#CCC1CN(c2ccc3c(c2)OCO3)C(=O)O1. The Labute approximate surface area is 103 Å². The minimum atomic E-state index is -0.436. The van der Waals surface area contributed by atoms with Crippen LogP contribution in [-0.4, -0.2) is 25.5 Å². The fourth-order valence-electron chi connectivity index (χ4n) is 1.99. The molecule has 1 saturated heterocycles. The zero-order chi connectivity index (χ0) is 12.5. The van der Waals surface area contributed by atoms with Gasteiger partial charge in [0.2, 0.25) is 6.79 Å². The second-order valence-electron chi connectivity index (χ2n) is 4.02. The summed E-state index contributed by atoms with van der Waals surface area (Å²) in [5, 5.41) is 8.60. The van der Waals surface area contributed by atoms with Crippen LogP contribution in [0.15, 0.2) is 18.2 Å². The monoisotopic (exact) mass is 246 g/mol. The highest BCUT2D eigenvalue weighted by molar-refractivity contribution is 5.90. The van der Waals surface area contributed by atoms with Gasteiger partial charge in [-0.25, -0.2) is 4.79 Å². The normalized spacial score (nSPS) is 20.7. The summed E-state index contributed by atoms with van der Waals surface area (Å²) in [5.41, 5.74) is 0.685. The molecule has 2 aliphatic heterocycles. The first kappa shape index (κ1) is 10.7. The van der Waals surface area contributed by atoms with Gasteiger partial charge in [0.25, 0.3) is 0 Å². The van der Waals surface area contributed by atoms with Crippen LogP contribution in [0.4, 0.5) is 10.5 Å². The summed E-state index contributed by atoms with van der Waals surface area (Å²) in [6.07, 6.45) is -0.602. The van der Waals surface area contributed by atoms with Crippen LogP contribution >= 0.6 is 0 Å². The Morgan fingerprint density at radius 1 is 1.39 bits per heavy atom. The summed E-state index contributed by atoms with van der Waals surface area (Å²) in [7, 11) is 0. The zero-order valence-electron chi connectivity index (χ0n) is 9.46. The molecule has 0 spiro atoms. The molecule has 2 aliphatic rings. The fraction of sp³-hybridized carbons (Fsp3) is 0.333. The Balaban J connectivity index is 1.83. The number of hydrogen-bond acceptors (Lipinski definition) is 5. The van der Waals surface area contributed by atoms with Gasteiger partial charge in [0, 0.05) is 6.07 Å². The van der Waals surface area contributed by atoms with Crippen molar-refractivity contribution in [3.8, 4) is 17.6 Å². The number of benzene rings is 1. The first-order chi connectivity index (χ1) is 8.78. The number of nitrogens with zero attached hydrogens (tertiary/aromatic N) is 2. The molecule has 92 valence electrons. The molecule has 3 rings (SSSR count). The smallest absolute Gasteiger partial charge is 0.414 e. The molecule has 1 amide bonds. The summed E-state index contributed by atoms with van der Waals surface area (Å²) in [4.78, 5) is 13.2. The predicted molar refractivity (Wildman–Crippen MR) is 60.4 cm³/mol. The fourth-order valence-corrected chi connectivity index (χ4v) is 1.99. The van der Waals surface area contributed by atoms with E-state index in [1.54, 1.807) is 18.2 Å². The van der Waals surface area contributed by atoms with E-state index in [-0.39, 0.29) is 19.3 Å². The molecule has 6 nitrogen and oxygen atoms in total. The maximum Gasteiger partial charge on any atom is 0.414 e. The summed E-state index contributed by atoms with van der Waals surface area (Å²) in [6.45, 7) is 0.576. The highest BCUT2D eigenvalue weighted by atomic mass is 16.7. The Morgan fingerprint density at radius 2 is 2.22 bits per heavy atom. The number of amides is 1. The molecule has 0 aliphatic carbocycles. The van der Waals surface area contributed by atoms with E-state index in [9.17, 15) is 4.79 Å². The van der Waals surface area contributed by atoms with Crippen molar-refractivity contribution in [3.05, 3.63) is 18.2 Å². The van der Waals surface area contributed by atoms with Crippen LogP contribution < -0.4 is 14.4 Å². The van der Waals surface area contributed by atoms with E-state index in [4.69, 9.17) is 19.5 Å². The van der Waals surface area contributed by atoms with Crippen LogP contribution in [0.3, 0.4) is 0 Å². The van der Waals surface area contributed by atoms with Crippen molar-refractivity contribution in [2.24, 2.45) is 0 Å². The van der Waals surface area contributed by atoms with Crippen molar-refractivity contribution in [2.45, 2.75) is 12.5 Å². The van der Waals surface area contributed by atoms with Crippen molar-refractivity contribution in [3.63, 3.8) is 0 Å². The third kappa shape index (κ3) is 1.70. The Hall–Kier alpha value is -2.42. The Morgan fingerprint density at radius 3 is 3.06 bits per heavy atom. The lowest BCUT2D eigenvalue weighted by molar-refractivity contribution is 0.143. The molecule has 1 unspecified atom stereocenters. The van der Waals surface area contributed by atoms with Crippen LogP contribution in [0.25, 0.3) is 0 Å². The lowest BCUT2D eigenvalue weighted by Gasteiger charge is -2.12. The van der Waals surface area contributed by atoms with Gasteiger partial charge in [-0.15, -0.1) is 0 Å². The molecular weight excluding hydrogens is 236 g/mol. The van der Waals surface area contributed by atoms with Crippen molar-refractivity contribution in [1.82, 2.24) is 0 Å². The maximum absolute atomic E-state index is 11.7. The van der Waals surface area contributed by atoms with Gasteiger partial charge < -0.3 is 14.2 Å². The molecule has 1 aromatic carbocycles. The predicted octanol–water partition coefficient (Wildman–Crippen LogP) is 1.65. The third-order valence-corrected chi connectivity index (χ3v) is 2.86. The van der Waals surface area contributed by atoms with Gasteiger partial charge in [0.15, 0.2) is 11.5 Å². The molecule has 0 bridgehead atoms. The van der Waals surface area contributed by atoms with Crippen molar-refractivity contribution >= 4 is 11.8 Å². The van der Waals surface area contributed by atoms with Gasteiger partial charge in [-0.3, -0.25) is 4.90 Å². The number of nitriles is 1. The largest absolute Gasteiger partial charge is 0.454 e. The molecule has 0 N–H and O–H groups in total. The lowest BCUT2D eigenvalue weighted by atomic mass is 10.2. The summed E-state index contributed by atoms with van der Waals surface area (Å²) in [5.74, 6) is 1.28. The van der Waals surface area contributed by atoms with Crippen LogP contribution in [0, 0.1) is 11.3 Å². The second-order valence-corrected chi connectivity index (χ2v) is 4.02. The maximum atomic E-state index is 11.7. The van der Waals surface area contributed by atoms with Gasteiger partial charge in [0.1, 0.15) is 6.10 Å². The van der Waals surface area contributed by atoms with Crippen molar-refractivity contribution in [1.29, 1.82) is 5.26 Å². The highest BCUT2D eigenvalue weighted by Gasteiger charge is 2.32. The number of cyclic esters (lactones) is 1. The number of anilines is 1. The second kappa shape index (κ2) is 4.11. The van der Waals surface area contributed by atoms with Gasteiger partial charge >= 0.3 is 6.09 Å². The van der Waals surface area contributed by atoms with Gasteiger partial charge in [0.05, 0.1) is 24.7 Å². The summed E-state index contributed by atoms with van der Waals surface area (Å²) < 4.78 is 15.5. The van der Waals surface area contributed by atoms with Crippen LogP contribution in [0.5, 0.6) is 11.5 Å². The third-order valence-electron chi connectivity index (χ3n) is 2.86. The molecule has 1 atom stereocenters. The Kier molecular flexibility index (Phi) is 2.45. The summed E-state index contributed by atoms with van der Waals surface area (Å²) >= 11 is 0. The first-order valence-corrected chi connectivity index (χ1v) is 5.52. The quantitative estimate of drug-likeness (QED) is 0.793. The molecule has 1 fully saturated rings. The minimum Gasteiger partial charge on any atom is -0.454 e. The standard InChI is InChI=1S/C12H10N2O4/c13-4-3-9-6-14(12(15)18-9)8-1-2-10-11(5-8)17-7-16-10/h1-2,5,9H,3,6-7H2. The average molecular weight is 246 g/mol. The molecule has 2 heterocycles. The number of carbonyl (C=O) groups excluding carboxylic acids is 1. The molecule has 18 heavy (non-hydrogen) atoms. The van der Waals surface area contributed by atoms with E-state index >= 15 is 0 Å². The van der Waals surface area contributed by atoms with E-state index in [1.807, 2.05) is 6.07 Å². The minimum absolute atomic E-state index is 0.195. The first-order valence-electron chi connectivity index (χ1n) is 5.52. The molecule has 0 saturated carbocycles. The summed E-state index contributed by atoms with van der Waals surface area (Å²) in [6, 6.07) is 7.25. The van der Waals surface area contributed by atoms with Gasteiger partial charge in [-0.2, -0.15) is 5.26 Å². The molecule has 0 radical (unpaired) electrons. The Bertz CT molecular complexity index is 537. The van der Waals surface area contributed by atoms with Crippen molar-refractivity contribution < 1.29 is 19.0 Å². The van der Waals surface area contributed by atoms with E-state index in [1.165, 1.54) is 4.90 Å². The van der Waals surface area contributed by atoms with Gasteiger partial charge in [-0.05, 0) is 12.1 Å². The van der Waals surface area contributed by atoms with E-state index in [0.717, 1.165) is 0 Å². The average Bonchev–Trinajstić information content (AvgIpc) is 2.95. The number of hydrogen-bond donors (Lipinski definition) is 0. The zero-order valence-corrected chi connectivity index (χ0v) is 9.46. The van der Waals surface area contributed by atoms with Crippen LogP contribution in [0.1, 0.15) is 6.42 Å². The molecule has 0 aromatic heterocycles. The van der Waals surface area contributed by atoms with Crippen molar-refractivity contribution in [2.75, 3.05) is 18.2 Å². The molecule has 1 aromatic rings. The molecular formula is C12H10N2O4.